The minimum absolute atomic E-state index is 0.0872. The number of benzene rings is 2. The lowest BCUT2D eigenvalue weighted by atomic mass is 10.1. The molecule has 1 unspecified atom stereocenters. The van der Waals surface area contributed by atoms with Gasteiger partial charge in [0, 0.05) is 12.1 Å². The fourth-order valence-corrected chi connectivity index (χ4v) is 2.62. The molecule has 8 nitrogen and oxygen atoms in total. The standard InChI is InChI=1S/C20H24N2O6/c1-13-5-7-16(8-6-13)28-14(2)20(23)21-10-9-15-11-18(26-3)19(27-4)12-17(15)22(24)25/h5-8,11-12,14H,9-10H2,1-4H3,(H,21,23). The van der Waals surface area contributed by atoms with E-state index in [9.17, 15) is 14.9 Å². The van der Waals surface area contributed by atoms with E-state index in [1.807, 2.05) is 19.1 Å². The maximum atomic E-state index is 12.2. The molecule has 0 aromatic heterocycles. The van der Waals surface area contributed by atoms with Gasteiger partial charge in [0.05, 0.1) is 25.2 Å². The molecule has 1 N–H and O–H groups in total. The molecule has 8 heteroatoms. The molecule has 2 rings (SSSR count). The number of carbonyl (C=O) groups excluding carboxylic acids is 1. The maximum absolute atomic E-state index is 12.2. The van der Waals surface area contributed by atoms with E-state index < -0.39 is 11.0 Å². The SMILES string of the molecule is COc1cc(CCNC(=O)C(C)Oc2ccc(C)cc2)c([N+](=O)[O-])cc1OC. The maximum Gasteiger partial charge on any atom is 0.276 e. The Balaban J connectivity index is 1.98. The number of nitrogens with one attached hydrogen (secondary N) is 1. The number of ether oxygens (including phenoxy) is 3. The van der Waals surface area contributed by atoms with Crippen molar-refractivity contribution in [3.05, 3.63) is 57.6 Å². The van der Waals surface area contributed by atoms with Crippen LogP contribution in [0, 0.1) is 17.0 Å². The monoisotopic (exact) mass is 388 g/mol. The highest BCUT2D eigenvalue weighted by Crippen LogP contribution is 2.34. The van der Waals surface area contributed by atoms with Gasteiger partial charge in [0.2, 0.25) is 0 Å². The Morgan fingerprint density at radius 2 is 1.75 bits per heavy atom. The highest BCUT2D eigenvalue weighted by molar-refractivity contribution is 5.80. The van der Waals surface area contributed by atoms with Crippen LogP contribution in [-0.4, -0.2) is 37.7 Å². The fourth-order valence-electron chi connectivity index (χ4n) is 2.62. The third-order valence-corrected chi connectivity index (χ3v) is 4.18. The van der Waals surface area contributed by atoms with E-state index in [1.165, 1.54) is 20.3 Å². The number of rotatable bonds is 9. The van der Waals surface area contributed by atoms with E-state index in [-0.39, 0.29) is 30.3 Å². The van der Waals surface area contributed by atoms with Gasteiger partial charge in [-0.25, -0.2) is 0 Å². The highest BCUT2D eigenvalue weighted by Gasteiger charge is 2.20. The predicted molar refractivity (Wildman–Crippen MR) is 104 cm³/mol. The summed E-state index contributed by atoms with van der Waals surface area (Å²) in [6, 6.07) is 10.3. The Hall–Kier alpha value is -3.29. The van der Waals surface area contributed by atoms with Crippen LogP contribution in [0.4, 0.5) is 5.69 Å². The van der Waals surface area contributed by atoms with Crippen LogP contribution in [0.3, 0.4) is 0 Å². The largest absolute Gasteiger partial charge is 0.493 e. The second-order valence-electron chi connectivity index (χ2n) is 6.21. The average molecular weight is 388 g/mol. The molecule has 0 fully saturated rings. The third-order valence-electron chi connectivity index (χ3n) is 4.18. The van der Waals surface area contributed by atoms with Gasteiger partial charge >= 0.3 is 0 Å². The molecular weight excluding hydrogens is 364 g/mol. The van der Waals surface area contributed by atoms with Gasteiger partial charge in [-0.1, -0.05) is 17.7 Å². The first-order chi connectivity index (χ1) is 13.3. The van der Waals surface area contributed by atoms with Crippen LogP contribution in [0.25, 0.3) is 0 Å². The predicted octanol–water partition coefficient (Wildman–Crippen LogP) is 3.05. The molecule has 0 saturated carbocycles. The van der Waals surface area contributed by atoms with Gasteiger partial charge in [0.1, 0.15) is 5.75 Å². The van der Waals surface area contributed by atoms with E-state index >= 15 is 0 Å². The van der Waals surface area contributed by atoms with Crippen LogP contribution in [0.1, 0.15) is 18.1 Å². The molecule has 1 amide bonds. The van der Waals surface area contributed by atoms with Gasteiger partial charge in [-0.05, 0) is 38.5 Å². The van der Waals surface area contributed by atoms with Crippen molar-refractivity contribution in [1.29, 1.82) is 0 Å². The number of nitro benzene ring substituents is 1. The zero-order chi connectivity index (χ0) is 20.7. The number of amides is 1. The minimum Gasteiger partial charge on any atom is -0.493 e. The van der Waals surface area contributed by atoms with Gasteiger partial charge in [-0.15, -0.1) is 0 Å². The summed E-state index contributed by atoms with van der Waals surface area (Å²) < 4.78 is 15.9. The smallest absolute Gasteiger partial charge is 0.276 e. The molecule has 0 spiro atoms. The number of aryl methyl sites for hydroxylation is 1. The van der Waals surface area contributed by atoms with E-state index in [0.717, 1.165) is 5.56 Å². The summed E-state index contributed by atoms with van der Waals surface area (Å²) in [5.74, 6) is 0.972. The van der Waals surface area contributed by atoms with Crippen LogP contribution < -0.4 is 19.5 Å². The van der Waals surface area contributed by atoms with Crippen molar-refractivity contribution in [3.8, 4) is 17.2 Å². The Bertz CT molecular complexity index is 835. The van der Waals surface area contributed by atoms with E-state index in [2.05, 4.69) is 5.32 Å². The quantitative estimate of drug-likeness (QED) is 0.523. The highest BCUT2D eigenvalue weighted by atomic mass is 16.6. The Kier molecular flexibility index (Phi) is 7.20. The van der Waals surface area contributed by atoms with Crippen molar-refractivity contribution in [2.24, 2.45) is 0 Å². The summed E-state index contributed by atoms with van der Waals surface area (Å²) in [4.78, 5) is 23.1. The molecule has 1 atom stereocenters. The molecule has 0 heterocycles. The van der Waals surface area contributed by atoms with Gasteiger partial charge in [0.25, 0.3) is 11.6 Å². The van der Waals surface area contributed by atoms with E-state index in [1.54, 1.807) is 25.1 Å². The van der Waals surface area contributed by atoms with Crippen molar-refractivity contribution >= 4 is 11.6 Å². The lowest BCUT2D eigenvalue weighted by Crippen LogP contribution is -2.37. The lowest BCUT2D eigenvalue weighted by molar-refractivity contribution is -0.385. The first kappa shape index (κ1) is 21.0. The molecule has 0 aliphatic rings. The van der Waals surface area contributed by atoms with E-state index in [4.69, 9.17) is 14.2 Å². The third kappa shape index (κ3) is 5.35. The summed E-state index contributed by atoms with van der Waals surface area (Å²) in [5, 5.41) is 14.1. The van der Waals surface area contributed by atoms with Gasteiger partial charge < -0.3 is 19.5 Å². The second kappa shape index (κ2) is 9.59. The first-order valence-corrected chi connectivity index (χ1v) is 8.76. The van der Waals surface area contributed by atoms with Crippen molar-refractivity contribution in [2.45, 2.75) is 26.4 Å². The van der Waals surface area contributed by atoms with Crippen molar-refractivity contribution < 1.29 is 23.9 Å². The zero-order valence-corrected chi connectivity index (χ0v) is 16.4. The lowest BCUT2D eigenvalue weighted by Gasteiger charge is -2.15. The van der Waals surface area contributed by atoms with Crippen LogP contribution in [0.2, 0.25) is 0 Å². The molecule has 150 valence electrons. The van der Waals surface area contributed by atoms with Gasteiger partial charge in [-0.2, -0.15) is 0 Å². The number of methoxy groups -OCH3 is 2. The Labute approximate surface area is 163 Å². The molecule has 0 bridgehead atoms. The number of nitrogens with zero attached hydrogens (tertiary/aromatic N) is 1. The molecular formula is C20H24N2O6. The molecule has 28 heavy (non-hydrogen) atoms. The second-order valence-corrected chi connectivity index (χ2v) is 6.21. The summed E-state index contributed by atoms with van der Waals surface area (Å²) in [6.45, 7) is 3.83. The average Bonchev–Trinajstić information content (AvgIpc) is 2.68. The summed E-state index contributed by atoms with van der Waals surface area (Å²) in [5.41, 5.74) is 1.45. The summed E-state index contributed by atoms with van der Waals surface area (Å²) in [6.07, 6.45) is -0.428. The van der Waals surface area contributed by atoms with Crippen LogP contribution in [0.5, 0.6) is 17.2 Å². The number of hydrogen-bond donors (Lipinski definition) is 1. The Morgan fingerprint density at radius 3 is 2.32 bits per heavy atom. The zero-order valence-electron chi connectivity index (χ0n) is 16.4. The Morgan fingerprint density at radius 1 is 1.14 bits per heavy atom. The molecule has 2 aromatic carbocycles. The summed E-state index contributed by atoms with van der Waals surface area (Å²) in [7, 11) is 2.87. The van der Waals surface area contributed by atoms with Crippen molar-refractivity contribution in [3.63, 3.8) is 0 Å². The molecule has 0 aliphatic heterocycles. The molecule has 0 aliphatic carbocycles. The van der Waals surface area contributed by atoms with Gasteiger partial charge in [-0.3, -0.25) is 14.9 Å². The molecule has 0 saturated heterocycles. The van der Waals surface area contributed by atoms with Gasteiger partial charge in [0.15, 0.2) is 17.6 Å². The normalized spacial score (nSPS) is 11.4. The van der Waals surface area contributed by atoms with Crippen LogP contribution in [0.15, 0.2) is 36.4 Å². The number of carbonyl (C=O) groups is 1. The number of hydrogen-bond acceptors (Lipinski definition) is 6. The van der Waals surface area contributed by atoms with Crippen LogP contribution >= 0.6 is 0 Å². The van der Waals surface area contributed by atoms with Crippen LogP contribution in [-0.2, 0) is 11.2 Å². The molecule has 2 aromatic rings. The molecule has 0 radical (unpaired) electrons. The number of nitro groups is 1. The fraction of sp³-hybridized carbons (Fsp3) is 0.350. The summed E-state index contributed by atoms with van der Waals surface area (Å²) >= 11 is 0. The first-order valence-electron chi connectivity index (χ1n) is 8.76. The minimum atomic E-state index is -0.692. The van der Waals surface area contributed by atoms with E-state index in [0.29, 0.717) is 17.1 Å². The van der Waals surface area contributed by atoms with Crippen molar-refractivity contribution in [2.75, 3.05) is 20.8 Å². The topological polar surface area (TPSA) is 99.9 Å². The van der Waals surface area contributed by atoms with Crippen molar-refractivity contribution in [1.82, 2.24) is 5.32 Å².